The highest BCUT2D eigenvalue weighted by Crippen LogP contribution is 2.63. The molecular formula is C18H20BrNO3S. The van der Waals surface area contributed by atoms with Gasteiger partial charge in [0.15, 0.2) is 9.84 Å². The van der Waals surface area contributed by atoms with Crippen LogP contribution in [0.1, 0.15) is 11.5 Å². The fourth-order valence-electron chi connectivity index (χ4n) is 3.62. The molecule has 2 aromatic carbocycles. The first-order valence-electron chi connectivity index (χ1n) is 7.71. The van der Waals surface area contributed by atoms with Gasteiger partial charge in [-0.2, -0.15) is 0 Å². The molecule has 1 aliphatic carbocycles. The number of hydrogen-bond donors (Lipinski definition) is 1. The lowest BCUT2D eigenvalue weighted by Crippen LogP contribution is -2.28. The monoisotopic (exact) mass is 409 g/mol. The van der Waals surface area contributed by atoms with Gasteiger partial charge < -0.3 is 10.5 Å². The normalized spacial score (nSPS) is 26.3. The van der Waals surface area contributed by atoms with Gasteiger partial charge in [-0.3, -0.25) is 0 Å². The number of hydrogen-bond acceptors (Lipinski definition) is 4. The van der Waals surface area contributed by atoms with Crippen LogP contribution in [0.4, 0.5) is 0 Å². The van der Waals surface area contributed by atoms with Crippen molar-refractivity contribution in [2.75, 3.05) is 20.3 Å². The Morgan fingerprint density at radius 1 is 1.12 bits per heavy atom. The average molecular weight is 410 g/mol. The molecular weight excluding hydrogens is 390 g/mol. The van der Waals surface area contributed by atoms with Gasteiger partial charge in [-0.25, -0.2) is 8.42 Å². The van der Waals surface area contributed by atoms with Gasteiger partial charge in [0.2, 0.25) is 0 Å². The number of nitrogens with two attached hydrogens (primary N) is 1. The molecule has 4 nitrogen and oxygen atoms in total. The Balaban J connectivity index is 2.05. The summed E-state index contributed by atoms with van der Waals surface area (Å²) in [7, 11) is -1.90. The molecule has 0 heterocycles. The van der Waals surface area contributed by atoms with E-state index < -0.39 is 20.5 Å². The smallest absolute Gasteiger partial charge is 0.182 e. The zero-order chi connectivity index (χ0) is 17.4. The minimum atomic E-state index is -3.49. The van der Waals surface area contributed by atoms with Gasteiger partial charge in [0.1, 0.15) is 0 Å². The summed E-state index contributed by atoms with van der Waals surface area (Å²) < 4.78 is 32.6. The number of methoxy groups -OCH3 is 1. The maximum Gasteiger partial charge on any atom is 0.182 e. The van der Waals surface area contributed by atoms with Crippen LogP contribution in [0.3, 0.4) is 0 Å². The molecule has 1 saturated carbocycles. The fourth-order valence-corrected chi connectivity index (χ4v) is 6.35. The van der Waals surface area contributed by atoms with E-state index in [0.717, 1.165) is 10.0 Å². The van der Waals surface area contributed by atoms with Gasteiger partial charge in [0.25, 0.3) is 0 Å². The van der Waals surface area contributed by atoms with Crippen molar-refractivity contribution in [3.63, 3.8) is 0 Å². The molecule has 2 aromatic rings. The average Bonchev–Trinajstić information content (AvgIpc) is 3.26. The molecule has 0 amide bonds. The number of halogens is 1. The first-order valence-corrected chi connectivity index (χ1v) is 10.0. The van der Waals surface area contributed by atoms with Crippen LogP contribution in [0.25, 0.3) is 0 Å². The third kappa shape index (κ3) is 2.81. The van der Waals surface area contributed by atoms with Gasteiger partial charge in [0, 0.05) is 29.5 Å². The first-order chi connectivity index (χ1) is 11.5. The molecule has 1 fully saturated rings. The Hall–Kier alpha value is -1.21. The molecule has 0 bridgehead atoms. The minimum absolute atomic E-state index is 0.166. The van der Waals surface area contributed by atoms with Crippen LogP contribution in [0.15, 0.2) is 64.0 Å². The number of ether oxygens (including phenoxy) is 1. The van der Waals surface area contributed by atoms with Crippen molar-refractivity contribution in [1.29, 1.82) is 0 Å². The summed E-state index contributed by atoms with van der Waals surface area (Å²) in [5.74, 6) is -0.166. The van der Waals surface area contributed by atoms with Crippen LogP contribution < -0.4 is 5.73 Å². The highest BCUT2D eigenvalue weighted by molar-refractivity contribution is 9.10. The fraction of sp³-hybridized carbons (Fsp3) is 0.333. The molecule has 1 aliphatic rings. The van der Waals surface area contributed by atoms with Crippen molar-refractivity contribution in [1.82, 2.24) is 0 Å². The third-order valence-electron chi connectivity index (χ3n) is 4.81. The lowest BCUT2D eigenvalue weighted by Gasteiger charge is -2.15. The third-order valence-corrected chi connectivity index (χ3v) is 7.68. The largest absolute Gasteiger partial charge is 0.384 e. The number of sulfone groups is 1. The highest BCUT2D eigenvalue weighted by Gasteiger charge is 2.70. The van der Waals surface area contributed by atoms with Crippen LogP contribution in [-0.4, -0.2) is 33.9 Å². The molecule has 24 heavy (non-hydrogen) atoms. The van der Waals surface area contributed by atoms with E-state index in [4.69, 9.17) is 10.5 Å². The summed E-state index contributed by atoms with van der Waals surface area (Å²) in [6, 6.07) is 16.3. The minimum Gasteiger partial charge on any atom is -0.384 e. The van der Waals surface area contributed by atoms with E-state index in [2.05, 4.69) is 15.9 Å². The molecule has 0 radical (unpaired) electrons. The van der Waals surface area contributed by atoms with Crippen LogP contribution in [0.5, 0.6) is 0 Å². The number of benzene rings is 2. The maximum atomic E-state index is 13.2. The van der Waals surface area contributed by atoms with E-state index in [1.807, 2.05) is 30.3 Å². The summed E-state index contributed by atoms with van der Waals surface area (Å²) in [5.41, 5.74) is 6.41. The Bertz CT molecular complexity index is 808. The van der Waals surface area contributed by atoms with Crippen LogP contribution >= 0.6 is 15.9 Å². The molecule has 3 atom stereocenters. The molecule has 0 aliphatic heterocycles. The van der Waals surface area contributed by atoms with Crippen molar-refractivity contribution in [2.24, 2.45) is 11.1 Å². The SMILES string of the molecule is COCC1(CN)C(c2ccc(Br)cc2)C1S(=O)(=O)c1ccccc1. The standard InChI is InChI=1S/C18H20BrNO3S/c1-23-12-18(11-20)16(13-7-9-14(19)10-8-13)17(18)24(21,22)15-5-3-2-4-6-15/h2-10,16-17H,11-12,20H2,1H3. The second kappa shape index (κ2) is 6.59. The predicted molar refractivity (Wildman–Crippen MR) is 97.7 cm³/mol. The first kappa shape index (κ1) is 17.6. The second-order valence-corrected chi connectivity index (χ2v) is 9.16. The Kier molecular flexibility index (Phi) is 4.84. The lowest BCUT2D eigenvalue weighted by molar-refractivity contribution is 0.142. The van der Waals surface area contributed by atoms with Crippen LogP contribution in [-0.2, 0) is 14.6 Å². The Labute approximate surface area is 151 Å². The van der Waals surface area contributed by atoms with Gasteiger partial charge in [0.05, 0.1) is 16.8 Å². The van der Waals surface area contributed by atoms with Crippen molar-refractivity contribution in [2.45, 2.75) is 16.1 Å². The Morgan fingerprint density at radius 2 is 1.75 bits per heavy atom. The van der Waals surface area contributed by atoms with E-state index in [9.17, 15) is 8.42 Å². The van der Waals surface area contributed by atoms with Gasteiger partial charge >= 0.3 is 0 Å². The van der Waals surface area contributed by atoms with Gasteiger partial charge in [-0.05, 0) is 29.8 Å². The number of rotatable bonds is 6. The molecule has 0 saturated heterocycles. The molecule has 128 valence electrons. The topological polar surface area (TPSA) is 69.4 Å². The van der Waals surface area contributed by atoms with Crippen molar-refractivity contribution >= 4 is 25.8 Å². The summed E-state index contributed by atoms with van der Waals surface area (Å²) >= 11 is 3.42. The van der Waals surface area contributed by atoms with Gasteiger partial charge in [-0.1, -0.05) is 46.3 Å². The van der Waals surface area contributed by atoms with Gasteiger partial charge in [-0.15, -0.1) is 0 Å². The molecule has 3 unspecified atom stereocenters. The Morgan fingerprint density at radius 3 is 2.29 bits per heavy atom. The maximum absolute atomic E-state index is 13.2. The van der Waals surface area contributed by atoms with E-state index >= 15 is 0 Å². The zero-order valence-corrected chi connectivity index (χ0v) is 15.8. The molecule has 3 rings (SSSR count). The van der Waals surface area contributed by atoms with Crippen molar-refractivity contribution in [3.8, 4) is 0 Å². The predicted octanol–water partition coefficient (Wildman–Crippen LogP) is 2.98. The summed E-state index contributed by atoms with van der Waals surface area (Å²) in [6.07, 6.45) is 0. The second-order valence-electron chi connectivity index (χ2n) is 6.18. The van der Waals surface area contributed by atoms with Crippen LogP contribution in [0.2, 0.25) is 0 Å². The zero-order valence-electron chi connectivity index (χ0n) is 13.4. The van der Waals surface area contributed by atoms with E-state index in [1.54, 1.807) is 31.4 Å². The van der Waals surface area contributed by atoms with Crippen molar-refractivity contribution in [3.05, 3.63) is 64.6 Å². The van der Waals surface area contributed by atoms with E-state index in [0.29, 0.717) is 11.5 Å². The molecule has 6 heteroatoms. The van der Waals surface area contributed by atoms with E-state index in [-0.39, 0.29) is 12.5 Å². The molecule has 0 spiro atoms. The quantitative estimate of drug-likeness (QED) is 0.795. The highest BCUT2D eigenvalue weighted by atomic mass is 79.9. The molecule has 0 aromatic heterocycles. The molecule has 2 N–H and O–H groups in total. The van der Waals surface area contributed by atoms with E-state index in [1.165, 1.54) is 0 Å². The lowest BCUT2D eigenvalue weighted by atomic mass is 10.0. The van der Waals surface area contributed by atoms with Crippen LogP contribution in [0, 0.1) is 5.41 Å². The van der Waals surface area contributed by atoms with Crippen molar-refractivity contribution < 1.29 is 13.2 Å². The summed E-state index contributed by atoms with van der Waals surface area (Å²) in [5, 5.41) is -0.571. The summed E-state index contributed by atoms with van der Waals surface area (Å²) in [4.78, 5) is 0.337. The summed E-state index contributed by atoms with van der Waals surface area (Å²) in [6.45, 7) is 0.583.